The van der Waals surface area contributed by atoms with Crippen molar-refractivity contribution in [1.29, 1.82) is 0 Å². The number of amides is 2. The SMILES string of the molecule is CCN(C(=O)C(CCC(=O)O)NC(=O)OCC1c2ccccc2-c2ccccc21)C1CCN(Cc2ccccc2)CC1. The van der Waals surface area contributed by atoms with Gasteiger partial charge in [0, 0.05) is 44.6 Å². The molecule has 1 heterocycles. The van der Waals surface area contributed by atoms with Gasteiger partial charge >= 0.3 is 12.1 Å². The van der Waals surface area contributed by atoms with E-state index in [1.807, 2.05) is 61.5 Å². The van der Waals surface area contributed by atoms with E-state index in [9.17, 15) is 19.5 Å². The number of carbonyl (C=O) groups is 3. The van der Waals surface area contributed by atoms with E-state index in [4.69, 9.17) is 4.74 Å². The molecule has 2 amide bonds. The van der Waals surface area contributed by atoms with Gasteiger partial charge in [0.05, 0.1) is 0 Å². The summed E-state index contributed by atoms with van der Waals surface area (Å²) in [5.41, 5.74) is 5.72. The van der Waals surface area contributed by atoms with Gasteiger partial charge in [-0.05, 0) is 54.0 Å². The number of fused-ring (bicyclic) bond motifs is 3. The van der Waals surface area contributed by atoms with E-state index in [0.29, 0.717) is 6.54 Å². The van der Waals surface area contributed by atoms with Gasteiger partial charge < -0.3 is 20.1 Å². The minimum Gasteiger partial charge on any atom is -0.481 e. The van der Waals surface area contributed by atoms with Crippen LogP contribution in [0.4, 0.5) is 4.79 Å². The monoisotopic (exact) mass is 569 g/mol. The van der Waals surface area contributed by atoms with Gasteiger partial charge in [0.1, 0.15) is 12.6 Å². The van der Waals surface area contributed by atoms with Gasteiger partial charge in [-0.1, -0.05) is 78.9 Å². The van der Waals surface area contributed by atoms with Gasteiger partial charge in [0.25, 0.3) is 0 Å². The standard InChI is InChI=1S/C34H39N3O5/c1-2-37(25-18-20-36(21-19-25)22-24-10-4-3-5-11-24)33(40)31(16-17-32(38)39)35-34(41)42-23-30-28-14-8-6-12-26(28)27-13-7-9-15-29(27)30/h3-15,25,30-31H,2,16-23H2,1H3,(H,35,41)(H,38,39). The van der Waals surface area contributed by atoms with E-state index < -0.39 is 18.1 Å². The third-order valence-corrected chi connectivity index (χ3v) is 8.45. The number of hydrogen-bond donors (Lipinski definition) is 2. The fraction of sp³-hybridized carbons (Fsp3) is 0.382. The molecule has 1 aliphatic heterocycles. The average molecular weight is 570 g/mol. The van der Waals surface area contributed by atoms with Crippen LogP contribution in [0.3, 0.4) is 0 Å². The quantitative estimate of drug-likeness (QED) is 0.326. The van der Waals surface area contributed by atoms with Gasteiger partial charge in [0.15, 0.2) is 0 Å². The molecule has 0 saturated carbocycles. The molecule has 5 rings (SSSR count). The van der Waals surface area contributed by atoms with E-state index in [1.165, 1.54) is 5.56 Å². The lowest BCUT2D eigenvalue weighted by Gasteiger charge is -2.39. The largest absolute Gasteiger partial charge is 0.481 e. The number of nitrogens with one attached hydrogen (secondary N) is 1. The Balaban J connectivity index is 1.20. The minimum absolute atomic E-state index is 0.00170. The topological polar surface area (TPSA) is 99.2 Å². The van der Waals surface area contributed by atoms with Gasteiger partial charge in [-0.25, -0.2) is 4.79 Å². The van der Waals surface area contributed by atoms with Crippen LogP contribution < -0.4 is 5.32 Å². The summed E-state index contributed by atoms with van der Waals surface area (Å²) >= 11 is 0. The molecule has 0 bridgehead atoms. The number of likely N-dealkylation sites (tertiary alicyclic amines) is 1. The summed E-state index contributed by atoms with van der Waals surface area (Å²) in [7, 11) is 0. The van der Waals surface area contributed by atoms with Crippen LogP contribution in [0.1, 0.15) is 55.2 Å². The molecule has 2 aliphatic rings. The summed E-state index contributed by atoms with van der Waals surface area (Å²) in [4.78, 5) is 42.4. The minimum atomic E-state index is -1.01. The van der Waals surface area contributed by atoms with E-state index in [-0.39, 0.29) is 37.3 Å². The molecule has 1 unspecified atom stereocenters. The summed E-state index contributed by atoms with van der Waals surface area (Å²) in [6.07, 6.45) is 0.704. The number of aliphatic carboxylic acids is 1. The summed E-state index contributed by atoms with van der Waals surface area (Å²) in [5.74, 6) is -1.38. The third-order valence-electron chi connectivity index (χ3n) is 8.45. The number of carboxylic acids is 1. The zero-order chi connectivity index (χ0) is 29.5. The van der Waals surface area contributed by atoms with Gasteiger partial charge in [0.2, 0.25) is 5.91 Å². The van der Waals surface area contributed by atoms with Crippen LogP contribution in [0.15, 0.2) is 78.9 Å². The van der Waals surface area contributed by atoms with Crippen LogP contribution in [-0.4, -0.2) is 71.2 Å². The first-order valence-electron chi connectivity index (χ1n) is 14.8. The number of likely N-dealkylation sites (N-methyl/N-ethyl adjacent to an activating group) is 1. The smallest absolute Gasteiger partial charge is 0.407 e. The lowest BCUT2D eigenvalue weighted by atomic mass is 9.98. The molecule has 8 nitrogen and oxygen atoms in total. The van der Waals surface area contributed by atoms with Gasteiger partial charge in [-0.3, -0.25) is 14.5 Å². The van der Waals surface area contributed by atoms with Crippen LogP contribution in [0, 0.1) is 0 Å². The van der Waals surface area contributed by atoms with Crippen LogP contribution in [0.5, 0.6) is 0 Å². The molecule has 3 aromatic rings. The Hall–Kier alpha value is -4.17. The lowest BCUT2D eigenvalue weighted by molar-refractivity contribution is -0.139. The lowest BCUT2D eigenvalue weighted by Crippen LogP contribution is -2.54. The highest BCUT2D eigenvalue weighted by molar-refractivity contribution is 5.86. The Labute approximate surface area is 247 Å². The van der Waals surface area contributed by atoms with Crippen molar-refractivity contribution in [1.82, 2.24) is 15.1 Å². The number of benzene rings is 3. The Morgan fingerprint density at radius 2 is 1.52 bits per heavy atom. The normalized spacial score (nSPS) is 15.8. The fourth-order valence-corrected chi connectivity index (χ4v) is 6.33. The molecule has 0 aromatic heterocycles. The van der Waals surface area contributed by atoms with E-state index >= 15 is 0 Å². The summed E-state index contributed by atoms with van der Waals surface area (Å²) in [6.45, 7) is 5.13. The molecule has 1 saturated heterocycles. The first-order valence-corrected chi connectivity index (χ1v) is 14.8. The van der Waals surface area contributed by atoms with Gasteiger partial charge in [-0.15, -0.1) is 0 Å². The van der Waals surface area contributed by atoms with Crippen molar-refractivity contribution in [3.05, 3.63) is 95.6 Å². The number of hydrogen-bond acceptors (Lipinski definition) is 5. The third kappa shape index (κ3) is 6.82. The molecule has 42 heavy (non-hydrogen) atoms. The van der Waals surface area contributed by atoms with E-state index in [2.05, 4.69) is 34.5 Å². The highest BCUT2D eigenvalue weighted by Crippen LogP contribution is 2.44. The van der Waals surface area contributed by atoms with E-state index in [1.54, 1.807) is 4.90 Å². The number of alkyl carbamates (subject to hydrolysis) is 1. The Morgan fingerprint density at radius 3 is 2.12 bits per heavy atom. The second-order valence-corrected chi connectivity index (χ2v) is 11.1. The average Bonchev–Trinajstić information content (AvgIpc) is 3.33. The first kappa shape index (κ1) is 29.3. The molecule has 1 atom stereocenters. The molecule has 0 spiro atoms. The van der Waals surface area contributed by atoms with Crippen molar-refractivity contribution in [3.8, 4) is 11.1 Å². The summed E-state index contributed by atoms with van der Waals surface area (Å²) in [6, 6.07) is 25.6. The van der Waals surface area contributed by atoms with Crippen LogP contribution in [-0.2, 0) is 20.9 Å². The fourth-order valence-electron chi connectivity index (χ4n) is 6.33. The van der Waals surface area contributed by atoms with Crippen LogP contribution >= 0.6 is 0 Å². The number of carboxylic acid groups (broad SMARTS) is 1. The number of ether oxygens (including phenoxy) is 1. The maximum Gasteiger partial charge on any atom is 0.407 e. The first-order chi connectivity index (χ1) is 20.4. The van der Waals surface area contributed by atoms with Crippen molar-refractivity contribution < 1.29 is 24.2 Å². The summed E-state index contributed by atoms with van der Waals surface area (Å²) < 4.78 is 5.68. The van der Waals surface area contributed by atoms with Crippen molar-refractivity contribution in [2.24, 2.45) is 0 Å². The molecule has 0 radical (unpaired) electrons. The molecular weight excluding hydrogens is 530 g/mol. The van der Waals surface area contributed by atoms with Crippen molar-refractivity contribution in [2.75, 3.05) is 26.2 Å². The highest BCUT2D eigenvalue weighted by Gasteiger charge is 2.33. The number of rotatable bonds is 11. The molecule has 8 heteroatoms. The Bertz CT molecular complexity index is 1340. The zero-order valence-electron chi connectivity index (χ0n) is 24.1. The maximum absolute atomic E-state index is 13.7. The Morgan fingerprint density at radius 1 is 0.929 bits per heavy atom. The molecule has 220 valence electrons. The van der Waals surface area contributed by atoms with Crippen molar-refractivity contribution in [2.45, 2.75) is 57.2 Å². The summed E-state index contributed by atoms with van der Waals surface area (Å²) in [5, 5.41) is 12.0. The number of nitrogens with zero attached hydrogens (tertiary/aromatic N) is 2. The zero-order valence-corrected chi connectivity index (χ0v) is 24.1. The molecular formula is C34H39N3O5. The second kappa shape index (κ2) is 13.7. The second-order valence-electron chi connectivity index (χ2n) is 11.1. The van der Waals surface area contributed by atoms with Crippen LogP contribution in [0.2, 0.25) is 0 Å². The predicted molar refractivity (Wildman–Crippen MR) is 161 cm³/mol. The highest BCUT2D eigenvalue weighted by atomic mass is 16.5. The van der Waals surface area contributed by atoms with Crippen molar-refractivity contribution in [3.63, 3.8) is 0 Å². The molecule has 3 aromatic carbocycles. The van der Waals surface area contributed by atoms with Gasteiger partial charge in [-0.2, -0.15) is 0 Å². The van der Waals surface area contributed by atoms with Crippen LogP contribution in [0.25, 0.3) is 11.1 Å². The molecule has 2 N–H and O–H groups in total. The predicted octanol–water partition coefficient (Wildman–Crippen LogP) is 5.27. The Kier molecular flexibility index (Phi) is 9.54. The number of piperidine rings is 1. The van der Waals surface area contributed by atoms with E-state index in [0.717, 1.165) is 54.7 Å². The maximum atomic E-state index is 13.7. The molecule has 1 aliphatic carbocycles. The number of carbonyl (C=O) groups excluding carboxylic acids is 2. The molecule has 1 fully saturated rings. The van der Waals surface area contributed by atoms with Crippen molar-refractivity contribution >= 4 is 18.0 Å².